The van der Waals surface area contributed by atoms with Gasteiger partial charge in [0.15, 0.2) is 5.82 Å². The SMILES string of the molecule is CCCCc1nnc(COC)n1Cc1ccccc1-c1ccccc1C(=O)OC. The molecule has 0 aliphatic carbocycles. The van der Waals surface area contributed by atoms with Crippen LogP contribution in [-0.4, -0.2) is 35.0 Å². The van der Waals surface area contributed by atoms with Crippen molar-refractivity contribution in [3.63, 3.8) is 0 Å². The monoisotopic (exact) mass is 393 g/mol. The Morgan fingerprint density at radius 1 is 0.966 bits per heavy atom. The van der Waals surface area contributed by atoms with Crippen LogP contribution in [0.15, 0.2) is 48.5 Å². The lowest BCUT2D eigenvalue weighted by Gasteiger charge is -2.15. The maximum atomic E-state index is 12.3. The Labute approximate surface area is 171 Å². The van der Waals surface area contributed by atoms with Crippen LogP contribution in [0.25, 0.3) is 11.1 Å². The highest BCUT2D eigenvalue weighted by Crippen LogP contribution is 2.29. The van der Waals surface area contributed by atoms with Gasteiger partial charge in [-0.15, -0.1) is 10.2 Å². The molecule has 3 rings (SSSR count). The quantitative estimate of drug-likeness (QED) is 0.508. The Bertz CT molecular complexity index is 966. The number of ether oxygens (including phenoxy) is 2. The Hall–Kier alpha value is -2.99. The van der Waals surface area contributed by atoms with E-state index in [-0.39, 0.29) is 5.97 Å². The lowest BCUT2D eigenvalue weighted by atomic mass is 9.95. The maximum Gasteiger partial charge on any atom is 0.338 e. The summed E-state index contributed by atoms with van der Waals surface area (Å²) in [5.74, 6) is 1.41. The standard InChI is InChI=1S/C23H27N3O3/c1-4-5-14-21-24-25-22(16-28-2)26(21)15-17-10-6-7-11-18(17)19-12-8-9-13-20(19)23(27)29-3/h6-13H,4-5,14-16H2,1-3H3. The van der Waals surface area contributed by atoms with Gasteiger partial charge in [0.25, 0.3) is 0 Å². The molecule has 6 nitrogen and oxygen atoms in total. The van der Waals surface area contributed by atoms with E-state index in [1.165, 1.54) is 7.11 Å². The molecule has 1 aromatic heterocycles. The summed E-state index contributed by atoms with van der Waals surface area (Å²) in [6.45, 7) is 3.17. The molecule has 3 aromatic rings. The Morgan fingerprint density at radius 2 is 1.66 bits per heavy atom. The number of rotatable bonds is 9. The fraction of sp³-hybridized carbons (Fsp3) is 0.348. The fourth-order valence-corrected chi connectivity index (χ4v) is 3.41. The van der Waals surface area contributed by atoms with E-state index >= 15 is 0 Å². The number of nitrogens with zero attached hydrogens (tertiary/aromatic N) is 3. The third-order valence-electron chi connectivity index (χ3n) is 4.90. The lowest BCUT2D eigenvalue weighted by molar-refractivity contribution is 0.0601. The van der Waals surface area contributed by atoms with Crippen LogP contribution in [0.2, 0.25) is 0 Å². The van der Waals surface area contributed by atoms with E-state index in [0.717, 1.165) is 47.6 Å². The molecule has 0 radical (unpaired) electrons. The summed E-state index contributed by atoms with van der Waals surface area (Å²) >= 11 is 0. The summed E-state index contributed by atoms with van der Waals surface area (Å²) in [6, 6.07) is 15.6. The third kappa shape index (κ3) is 4.71. The van der Waals surface area contributed by atoms with Gasteiger partial charge in [-0.2, -0.15) is 0 Å². The maximum absolute atomic E-state index is 12.3. The predicted octanol–water partition coefficient (Wildman–Crippen LogP) is 4.27. The van der Waals surface area contributed by atoms with Crippen LogP contribution < -0.4 is 0 Å². The zero-order chi connectivity index (χ0) is 20.6. The van der Waals surface area contributed by atoms with Crippen LogP contribution in [0.3, 0.4) is 0 Å². The number of benzene rings is 2. The predicted molar refractivity (Wildman–Crippen MR) is 112 cm³/mol. The van der Waals surface area contributed by atoms with E-state index < -0.39 is 0 Å². The molecule has 0 spiro atoms. The van der Waals surface area contributed by atoms with E-state index in [0.29, 0.717) is 18.7 Å². The first kappa shape index (κ1) is 20.7. The second-order valence-corrected chi connectivity index (χ2v) is 6.85. The molecule has 1 heterocycles. The van der Waals surface area contributed by atoms with Crippen LogP contribution in [0.1, 0.15) is 47.3 Å². The summed E-state index contributed by atoms with van der Waals surface area (Å²) in [5.41, 5.74) is 3.48. The van der Waals surface area contributed by atoms with Gasteiger partial charge >= 0.3 is 5.97 Å². The minimum absolute atomic E-state index is 0.344. The van der Waals surface area contributed by atoms with Gasteiger partial charge in [0.1, 0.15) is 12.4 Å². The molecule has 2 aromatic carbocycles. The number of unbranched alkanes of at least 4 members (excludes halogenated alkanes) is 1. The molecular weight excluding hydrogens is 366 g/mol. The molecule has 0 atom stereocenters. The molecule has 0 bridgehead atoms. The van der Waals surface area contributed by atoms with E-state index in [4.69, 9.17) is 9.47 Å². The zero-order valence-corrected chi connectivity index (χ0v) is 17.2. The number of hydrogen-bond acceptors (Lipinski definition) is 5. The van der Waals surface area contributed by atoms with Gasteiger partial charge in [0.05, 0.1) is 19.2 Å². The minimum Gasteiger partial charge on any atom is -0.465 e. The van der Waals surface area contributed by atoms with E-state index in [9.17, 15) is 4.79 Å². The molecule has 0 aliphatic rings. The van der Waals surface area contributed by atoms with Gasteiger partial charge < -0.3 is 14.0 Å². The first-order chi connectivity index (χ1) is 14.2. The summed E-state index contributed by atoms with van der Waals surface area (Å²) in [7, 11) is 3.06. The highest BCUT2D eigenvalue weighted by atomic mass is 16.5. The second-order valence-electron chi connectivity index (χ2n) is 6.85. The Balaban J connectivity index is 2.04. The van der Waals surface area contributed by atoms with Crippen molar-refractivity contribution in [2.24, 2.45) is 0 Å². The number of hydrogen-bond donors (Lipinski definition) is 0. The topological polar surface area (TPSA) is 66.2 Å². The average Bonchev–Trinajstić information content (AvgIpc) is 3.13. The molecule has 0 saturated heterocycles. The smallest absolute Gasteiger partial charge is 0.338 e. The summed E-state index contributed by atoms with van der Waals surface area (Å²) < 4.78 is 12.4. The number of esters is 1. The number of aromatic nitrogens is 3. The first-order valence-corrected chi connectivity index (χ1v) is 9.85. The minimum atomic E-state index is -0.344. The Morgan fingerprint density at radius 3 is 2.38 bits per heavy atom. The number of methoxy groups -OCH3 is 2. The summed E-state index contributed by atoms with van der Waals surface area (Å²) in [5, 5.41) is 8.72. The molecule has 0 unspecified atom stereocenters. The van der Waals surface area contributed by atoms with E-state index in [2.05, 4.69) is 27.8 Å². The molecule has 152 valence electrons. The highest BCUT2D eigenvalue weighted by molar-refractivity contribution is 5.97. The molecule has 0 amide bonds. The van der Waals surface area contributed by atoms with Gasteiger partial charge in [-0.25, -0.2) is 4.79 Å². The van der Waals surface area contributed by atoms with Crippen LogP contribution in [0.5, 0.6) is 0 Å². The normalized spacial score (nSPS) is 10.9. The van der Waals surface area contributed by atoms with Gasteiger partial charge in [-0.1, -0.05) is 55.8 Å². The molecule has 6 heteroatoms. The van der Waals surface area contributed by atoms with Gasteiger partial charge in [-0.05, 0) is 29.2 Å². The molecule has 0 saturated carbocycles. The van der Waals surface area contributed by atoms with Gasteiger partial charge in [0.2, 0.25) is 0 Å². The van der Waals surface area contributed by atoms with Crippen molar-refractivity contribution < 1.29 is 14.3 Å². The van der Waals surface area contributed by atoms with Gasteiger partial charge in [-0.3, -0.25) is 0 Å². The molecule has 0 aliphatic heterocycles. The lowest BCUT2D eigenvalue weighted by Crippen LogP contribution is -2.11. The summed E-state index contributed by atoms with van der Waals surface area (Å²) in [6.07, 6.45) is 3.02. The Kier molecular flexibility index (Phi) is 7.14. The number of carbonyl (C=O) groups is 1. The fourth-order valence-electron chi connectivity index (χ4n) is 3.41. The van der Waals surface area contributed by atoms with Crippen molar-refractivity contribution >= 4 is 5.97 Å². The number of carbonyl (C=O) groups excluding carboxylic acids is 1. The van der Waals surface area contributed by atoms with Crippen LogP contribution >= 0.6 is 0 Å². The van der Waals surface area contributed by atoms with Crippen molar-refractivity contribution in [1.82, 2.24) is 14.8 Å². The largest absolute Gasteiger partial charge is 0.465 e. The van der Waals surface area contributed by atoms with E-state index in [1.54, 1.807) is 13.2 Å². The van der Waals surface area contributed by atoms with Crippen LogP contribution in [0, 0.1) is 0 Å². The average molecular weight is 393 g/mol. The first-order valence-electron chi connectivity index (χ1n) is 9.85. The van der Waals surface area contributed by atoms with E-state index in [1.807, 2.05) is 36.4 Å². The van der Waals surface area contributed by atoms with Crippen molar-refractivity contribution in [3.05, 3.63) is 71.3 Å². The summed E-state index contributed by atoms with van der Waals surface area (Å²) in [4.78, 5) is 12.3. The number of aryl methyl sites for hydroxylation is 1. The van der Waals surface area contributed by atoms with Crippen LogP contribution in [0.4, 0.5) is 0 Å². The van der Waals surface area contributed by atoms with Crippen molar-refractivity contribution in [1.29, 1.82) is 0 Å². The highest BCUT2D eigenvalue weighted by Gasteiger charge is 2.17. The molecular formula is C23H27N3O3. The third-order valence-corrected chi connectivity index (χ3v) is 4.90. The molecule has 0 fully saturated rings. The van der Waals surface area contributed by atoms with Crippen molar-refractivity contribution in [3.8, 4) is 11.1 Å². The zero-order valence-electron chi connectivity index (χ0n) is 17.2. The van der Waals surface area contributed by atoms with Crippen LogP contribution in [-0.2, 0) is 29.0 Å². The van der Waals surface area contributed by atoms with Gasteiger partial charge in [0, 0.05) is 13.5 Å². The van der Waals surface area contributed by atoms with Crippen molar-refractivity contribution in [2.75, 3.05) is 14.2 Å². The molecule has 29 heavy (non-hydrogen) atoms. The second kappa shape index (κ2) is 9.98. The molecule has 0 N–H and O–H groups in total. The van der Waals surface area contributed by atoms with Crippen molar-refractivity contribution in [2.45, 2.75) is 39.3 Å².